The van der Waals surface area contributed by atoms with Crippen molar-refractivity contribution in [3.05, 3.63) is 40.3 Å². The Bertz CT molecular complexity index is 574. The van der Waals surface area contributed by atoms with Gasteiger partial charge in [0.1, 0.15) is 0 Å². The number of nitrogens with one attached hydrogen (secondary N) is 1. The molecule has 0 heterocycles. The molecule has 0 aliphatic heterocycles. The van der Waals surface area contributed by atoms with Crippen molar-refractivity contribution in [2.45, 2.75) is 11.8 Å². The third-order valence-electron chi connectivity index (χ3n) is 2.14. The molecule has 0 amide bonds. The second kappa shape index (κ2) is 6.15. The van der Waals surface area contributed by atoms with E-state index in [0.717, 1.165) is 0 Å². The number of carbonyl (C=O) groups is 1. The normalized spacial score (nSPS) is 10.7. The molecule has 8 heteroatoms. The molecule has 1 aromatic carbocycles. The Hall–Kier alpha value is -1.89. The monoisotopic (exact) mass is 268 g/mol. The zero-order valence-corrected chi connectivity index (χ0v) is 10.5. The molecule has 1 aromatic rings. The van der Waals surface area contributed by atoms with Gasteiger partial charge in [-0.1, -0.05) is 17.2 Å². The number of nitrogens with zero attached hydrogens (tertiary/aromatic N) is 3. The molecule has 0 atom stereocenters. The van der Waals surface area contributed by atoms with Crippen molar-refractivity contribution in [2.75, 3.05) is 13.1 Å². The lowest BCUT2D eigenvalue weighted by atomic mass is 10.2. The molecule has 7 nitrogen and oxygen atoms in total. The summed E-state index contributed by atoms with van der Waals surface area (Å²) >= 11 is 0. The third kappa shape index (κ3) is 3.85. The highest BCUT2D eigenvalue weighted by Crippen LogP contribution is 2.10. The van der Waals surface area contributed by atoms with E-state index in [1.54, 1.807) is 0 Å². The molecule has 1 N–H and O–H groups in total. The molecule has 0 saturated carbocycles. The molecule has 0 aliphatic carbocycles. The standard InChI is InChI=1S/C10H12N4O3S/c1-8(15)9-2-4-10(5-3-9)18(16,17)13-7-6-12-14-11/h2-5,13H,6-7H2,1H3. The van der Waals surface area contributed by atoms with Crippen LogP contribution in [-0.2, 0) is 10.0 Å². The highest BCUT2D eigenvalue weighted by molar-refractivity contribution is 7.89. The first-order valence-electron chi connectivity index (χ1n) is 5.09. The minimum Gasteiger partial charge on any atom is -0.295 e. The van der Waals surface area contributed by atoms with Gasteiger partial charge < -0.3 is 0 Å². The molecule has 0 aromatic heterocycles. The summed E-state index contributed by atoms with van der Waals surface area (Å²) in [5, 5.41) is 3.21. The summed E-state index contributed by atoms with van der Waals surface area (Å²) in [6, 6.07) is 5.61. The first-order valence-corrected chi connectivity index (χ1v) is 6.57. The molecule has 0 bridgehead atoms. The number of sulfonamides is 1. The van der Waals surface area contributed by atoms with Crippen LogP contribution in [0.2, 0.25) is 0 Å². The van der Waals surface area contributed by atoms with Gasteiger partial charge in [0.2, 0.25) is 10.0 Å². The number of benzene rings is 1. The van der Waals surface area contributed by atoms with Crippen LogP contribution in [0.1, 0.15) is 17.3 Å². The van der Waals surface area contributed by atoms with Gasteiger partial charge in [0, 0.05) is 23.6 Å². The molecule has 0 aliphatic rings. The van der Waals surface area contributed by atoms with Crippen LogP contribution in [-0.4, -0.2) is 27.3 Å². The average molecular weight is 268 g/mol. The summed E-state index contributed by atoms with van der Waals surface area (Å²) in [4.78, 5) is 13.6. The zero-order valence-electron chi connectivity index (χ0n) is 9.70. The second-order valence-electron chi connectivity index (χ2n) is 3.43. The lowest BCUT2D eigenvalue weighted by molar-refractivity contribution is 0.101. The number of rotatable bonds is 6. The van der Waals surface area contributed by atoms with Crippen molar-refractivity contribution in [2.24, 2.45) is 5.11 Å². The maximum absolute atomic E-state index is 11.7. The number of azide groups is 1. The molecule has 0 spiro atoms. The summed E-state index contributed by atoms with van der Waals surface area (Å²) in [5.41, 5.74) is 8.49. The van der Waals surface area contributed by atoms with E-state index >= 15 is 0 Å². The Balaban J connectivity index is 2.78. The minimum absolute atomic E-state index is 0.0286. The van der Waals surface area contributed by atoms with Gasteiger partial charge in [-0.15, -0.1) is 0 Å². The molecule has 96 valence electrons. The fraction of sp³-hybridized carbons (Fsp3) is 0.300. The predicted octanol–water partition coefficient (Wildman–Crippen LogP) is 1.48. The molecule has 1 rings (SSSR count). The van der Waals surface area contributed by atoms with E-state index in [0.29, 0.717) is 5.56 Å². The summed E-state index contributed by atoms with van der Waals surface area (Å²) in [7, 11) is -3.63. The molecule has 18 heavy (non-hydrogen) atoms. The Labute approximate surface area is 104 Å². The van der Waals surface area contributed by atoms with Crippen LogP contribution in [0.4, 0.5) is 0 Å². The number of hydrogen-bond acceptors (Lipinski definition) is 4. The second-order valence-corrected chi connectivity index (χ2v) is 5.20. The van der Waals surface area contributed by atoms with Gasteiger partial charge in [0.25, 0.3) is 0 Å². The molecular formula is C10H12N4O3S. The molecule has 0 saturated heterocycles. The fourth-order valence-electron chi connectivity index (χ4n) is 1.23. The van der Waals surface area contributed by atoms with Crippen LogP contribution in [0.3, 0.4) is 0 Å². The predicted molar refractivity (Wildman–Crippen MR) is 65.6 cm³/mol. The Kier molecular flexibility index (Phi) is 4.85. The fourth-order valence-corrected chi connectivity index (χ4v) is 2.25. The van der Waals surface area contributed by atoms with Crippen molar-refractivity contribution in [1.29, 1.82) is 0 Å². The molecule has 0 radical (unpaired) electrons. The first-order chi connectivity index (χ1) is 8.47. The summed E-state index contributed by atoms with van der Waals surface area (Å²) in [5.74, 6) is -0.129. The SMILES string of the molecule is CC(=O)c1ccc(S(=O)(=O)NCCN=[N+]=[N-])cc1. The highest BCUT2D eigenvalue weighted by atomic mass is 32.2. The van der Waals surface area contributed by atoms with Crippen LogP contribution in [0.15, 0.2) is 34.3 Å². The van der Waals surface area contributed by atoms with Gasteiger partial charge in [-0.2, -0.15) is 0 Å². The van der Waals surface area contributed by atoms with E-state index in [9.17, 15) is 13.2 Å². The molecule has 0 unspecified atom stereocenters. The van der Waals surface area contributed by atoms with Gasteiger partial charge >= 0.3 is 0 Å². The highest BCUT2D eigenvalue weighted by Gasteiger charge is 2.13. The number of hydrogen-bond donors (Lipinski definition) is 1. The lowest BCUT2D eigenvalue weighted by Crippen LogP contribution is -2.26. The minimum atomic E-state index is -3.63. The van der Waals surface area contributed by atoms with Crippen molar-refractivity contribution >= 4 is 15.8 Å². The topological polar surface area (TPSA) is 112 Å². The van der Waals surface area contributed by atoms with Crippen molar-refractivity contribution < 1.29 is 13.2 Å². The average Bonchev–Trinajstić information content (AvgIpc) is 2.35. The molecule has 0 fully saturated rings. The van der Waals surface area contributed by atoms with E-state index in [4.69, 9.17) is 5.53 Å². The van der Waals surface area contributed by atoms with Gasteiger partial charge in [0.05, 0.1) is 4.90 Å². The lowest BCUT2D eigenvalue weighted by Gasteiger charge is -2.05. The molecular weight excluding hydrogens is 256 g/mol. The van der Waals surface area contributed by atoms with Crippen LogP contribution in [0.25, 0.3) is 10.4 Å². The van der Waals surface area contributed by atoms with Gasteiger partial charge in [0.15, 0.2) is 5.78 Å². The number of ketones is 1. The maximum atomic E-state index is 11.7. The van der Waals surface area contributed by atoms with Crippen molar-refractivity contribution in [3.8, 4) is 0 Å². The van der Waals surface area contributed by atoms with Crippen LogP contribution >= 0.6 is 0 Å². The maximum Gasteiger partial charge on any atom is 0.240 e. The van der Waals surface area contributed by atoms with Gasteiger partial charge in [-0.3, -0.25) is 4.79 Å². The van der Waals surface area contributed by atoms with Gasteiger partial charge in [-0.05, 0) is 24.6 Å². The van der Waals surface area contributed by atoms with Crippen molar-refractivity contribution in [1.82, 2.24) is 4.72 Å². The summed E-state index contributed by atoms with van der Waals surface area (Å²) < 4.78 is 25.8. The first kappa shape index (κ1) is 14.2. The summed E-state index contributed by atoms with van der Waals surface area (Å²) in [6.45, 7) is 1.48. The smallest absolute Gasteiger partial charge is 0.240 e. The largest absolute Gasteiger partial charge is 0.295 e. The van der Waals surface area contributed by atoms with Crippen molar-refractivity contribution in [3.63, 3.8) is 0 Å². The van der Waals surface area contributed by atoms with E-state index in [-0.39, 0.29) is 23.8 Å². The van der Waals surface area contributed by atoms with Crippen LogP contribution in [0, 0.1) is 0 Å². The van der Waals surface area contributed by atoms with Gasteiger partial charge in [-0.25, -0.2) is 13.1 Å². The third-order valence-corrected chi connectivity index (χ3v) is 3.62. The van der Waals surface area contributed by atoms with Crippen LogP contribution in [0.5, 0.6) is 0 Å². The quantitative estimate of drug-likeness (QED) is 0.277. The Morgan fingerprint density at radius 3 is 2.50 bits per heavy atom. The zero-order chi connectivity index (χ0) is 13.6. The van der Waals surface area contributed by atoms with E-state index < -0.39 is 10.0 Å². The number of Topliss-reactive ketones (excluding diaryl/α,β-unsaturated/α-hetero) is 1. The summed E-state index contributed by atoms with van der Waals surface area (Å²) in [6.07, 6.45) is 0. The van der Waals surface area contributed by atoms with E-state index in [1.807, 2.05) is 0 Å². The number of carbonyl (C=O) groups excluding carboxylic acids is 1. The Morgan fingerprint density at radius 1 is 1.39 bits per heavy atom. The van der Waals surface area contributed by atoms with E-state index in [2.05, 4.69) is 14.7 Å². The van der Waals surface area contributed by atoms with Crippen LogP contribution < -0.4 is 4.72 Å². The van der Waals surface area contributed by atoms with E-state index in [1.165, 1.54) is 31.2 Å². The Morgan fingerprint density at radius 2 is 2.00 bits per heavy atom.